The van der Waals surface area contributed by atoms with Crippen molar-refractivity contribution < 1.29 is 14.6 Å². The van der Waals surface area contributed by atoms with E-state index in [1.165, 1.54) is 24.8 Å². The molecular weight excluding hydrogens is 302 g/mol. The van der Waals surface area contributed by atoms with E-state index in [1.807, 2.05) is 12.1 Å². The van der Waals surface area contributed by atoms with Crippen LogP contribution < -0.4 is 10.1 Å². The fourth-order valence-electron chi connectivity index (χ4n) is 2.22. The van der Waals surface area contributed by atoms with Gasteiger partial charge in [0.25, 0.3) is 0 Å². The minimum Gasteiger partial charge on any atom is -0.504 e. The minimum absolute atomic E-state index is 0.0166. The molecule has 0 saturated heterocycles. The molecule has 2 rings (SSSR count). The number of carbonyl (C=O) groups is 1. The van der Waals surface area contributed by atoms with E-state index in [2.05, 4.69) is 38.2 Å². The topological polar surface area (TPSA) is 58.6 Å². The highest BCUT2D eigenvalue weighted by molar-refractivity contribution is 6.02. The SMILES string of the molecule is COc1ccc(NC(=O)/C=C/c2ccc(C(C)(C)C)cc2)cc1O. The van der Waals surface area contributed by atoms with Crippen LogP contribution in [0, 0.1) is 0 Å². The van der Waals surface area contributed by atoms with Gasteiger partial charge in [-0.25, -0.2) is 0 Å². The van der Waals surface area contributed by atoms with Gasteiger partial charge in [0, 0.05) is 17.8 Å². The van der Waals surface area contributed by atoms with Crippen LogP contribution in [0.15, 0.2) is 48.5 Å². The standard InChI is InChI=1S/C20H23NO3/c1-20(2,3)15-8-5-14(6-9-15)7-12-19(23)21-16-10-11-18(24-4)17(22)13-16/h5-13,22H,1-4H3,(H,21,23)/b12-7+. The van der Waals surface area contributed by atoms with Crippen molar-refractivity contribution in [3.63, 3.8) is 0 Å². The largest absolute Gasteiger partial charge is 0.504 e. The Hall–Kier alpha value is -2.75. The first-order valence-corrected chi connectivity index (χ1v) is 7.76. The Balaban J connectivity index is 2.01. The van der Waals surface area contributed by atoms with Gasteiger partial charge in [-0.1, -0.05) is 45.0 Å². The number of ether oxygens (including phenoxy) is 1. The lowest BCUT2D eigenvalue weighted by Gasteiger charge is -2.18. The molecule has 2 aromatic carbocycles. The number of rotatable bonds is 4. The highest BCUT2D eigenvalue weighted by atomic mass is 16.5. The van der Waals surface area contributed by atoms with E-state index < -0.39 is 0 Å². The molecule has 0 bridgehead atoms. The average molecular weight is 325 g/mol. The molecule has 4 heteroatoms. The summed E-state index contributed by atoms with van der Waals surface area (Å²) in [6.07, 6.45) is 3.22. The van der Waals surface area contributed by atoms with Crippen LogP contribution in [-0.2, 0) is 10.2 Å². The van der Waals surface area contributed by atoms with Crippen LogP contribution in [-0.4, -0.2) is 18.1 Å². The predicted octanol–water partition coefficient (Wildman–Crippen LogP) is 4.35. The molecule has 2 N–H and O–H groups in total. The molecule has 0 saturated carbocycles. The van der Waals surface area contributed by atoms with Crippen LogP contribution in [0.3, 0.4) is 0 Å². The summed E-state index contributed by atoms with van der Waals surface area (Å²) in [5.41, 5.74) is 2.82. The maximum atomic E-state index is 12.0. The van der Waals surface area contributed by atoms with Crippen molar-refractivity contribution in [2.75, 3.05) is 12.4 Å². The normalized spacial score (nSPS) is 11.5. The van der Waals surface area contributed by atoms with E-state index in [1.54, 1.807) is 18.2 Å². The number of hydrogen-bond acceptors (Lipinski definition) is 3. The number of phenols is 1. The number of hydrogen-bond donors (Lipinski definition) is 2. The van der Waals surface area contributed by atoms with E-state index in [-0.39, 0.29) is 17.1 Å². The molecule has 1 amide bonds. The monoisotopic (exact) mass is 325 g/mol. The molecule has 0 radical (unpaired) electrons. The lowest BCUT2D eigenvalue weighted by molar-refractivity contribution is -0.111. The van der Waals surface area contributed by atoms with Gasteiger partial charge in [-0.05, 0) is 34.8 Å². The van der Waals surface area contributed by atoms with Crippen molar-refractivity contribution in [1.29, 1.82) is 0 Å². The lowest BCUT2D eigenvalue weighted by Crippen LogP contribution is -2.10. The lowest BCUT2D eigenvalue weighted by atomic mass is 9.87. The fourth-order valence-corrected chi connectivity index (χ4v) is 2.22. The summed E-state index contributed by atoms with van der Waals surface area (Å²) in [7, 11) is 1.47. The molecule has 0 aliphatic heterocycles. The summed E-state index contributed by atoms with van der Waals surface area (Å²) in [5.74, 6) is 0.0824. The summed E-state index contributed by atoms with van der Waals surface area (Å²) in [4.78, 5) is 12.0. The molecule has 0 aromatic heterocycles. The quantitative estimate of drug-likeness (QED) is 0.822. The van der Waals surface area contributed by atoms with E-state index in [4.69, 9.17) is 4.74 Å². The smallest absolute Gasteiger partial charge is 0.248 e. The number of nitrogens with one attached hydrogen (secondary N) is 1. The third-order valence-corrected chi connectivity index (χ3v) is 3.65. The summed E-state index contributed by atoms with van der Waals surface area (Å²) in [5, 5.41) is 12.4. The number of aromatic hydroxyl groups is 1. The van der Waals surface area contributed by atoms with Crippen LogP contribution in [0.2, 0.25) is 0 Å². The van der Waals surface area contributed by atoms with Gasteiger partial charge in [0.1, 0.15) is 0 Å². The molecule has 2 aromatic rings. The number of amides is 1. The Morgan fingerprint density at radius 2 is 1.79 bits per heavy atom. The highest BCUT2D eigenvalue weighted by Gasteiger charge is 2.12. The molecule has 0 unspecified atom stereocenters. The molecule has 126 valence electrons. The third-order valence-electron chi connectivity index (χ3n) is 3.65. The number of anilines is 1. The second kappa shape index (κ2) is 7.21. The Labute approximate surface area is 142 Å². The van der Waals surface area contributed by atoms with Gasteiger partial charge in [-0.15, -0.1) is 0 Å². The van der Waals surface area contributed by atoms with E-state index in [0.29, 0.717) is 11.4 Å². The zero-order valence-electron chi connectivity index (χ0n) is 14.5. The molecule has 24 heavy (non-hydrogen) atoms. The summed E-state index contributed by atoms with van der Waals surface area (Å²) in [6.45, 7) is 6.49. The van der Waals surface area contributed by atoms with Gasteiger partial charge in [-0.2, -0.15) is 0 Å². The van der Waals surface area contributed by atoms with Crippen molar-refractivity contribution in [2.45, 2.75) is 26.2 Å². The van der Waals surface area contributed by atoms with Gasteiger partial charge < -0.3 is 15.2 Å². The Kier molecular flexibility index (Phi) is 5.29. The molecule has 0 spiro atoms. The van der Waals surface area contributed by atoms with Crippen molar-refractivity contribution >= 4 is 17.7 Å². The zero-order valence-corrected chi connectivity index (χ0v) is 14.5. The molecule has 0 fully saturated rings. The van der Waals surface area contributed by atoms with Crippen LogP contribution in [0.25, 0.3) is 6.08 Å². The van der Waals surface area contributed by atoms with E-state index in [9.17, 15) is 9.90 Å². The van der Waals surface area contributed by atoms with Gasteiger partial charge in [0.2, 0.25) is 5.91 Å². The summed E-state index contributed by atoms with van der Waals surface area (Å²) >= 11 is 0. The molecule has 4 nitrogen and oxygen atoms in total. The van der Waals surface area contributed by atoms with Gasteiger partial charge in [0.15, 0.2) is 11.5 Å². The highest BCUT2D eigenvalue weighted by Crippen LogP contribution is 2.28. The maximum absolute atomic E-state index is 12.0. The molecular formula is C20H23NO3. The average Bonchev–Trinajstić information content (AvgIpc) is 2.53. The minimum atomic E-state index is -0.264. The number of carbonyl (C=O) groups excluding carboxylic acids is 1. The van der Waals surface area contributed by atoms with Crippen molar-refractivity contribution in [2.24, 2.45) is 0 Å². The first kappa shape index (κ1) is 17.6. The second-order valence-corrected chi connectivity index (χ2v) is 6.58. The van der Waals surface area contributed by atoms with Crippen LogP contribution in [0.1, 0.15) is 31.9 Å². The molecule has 0 heterocycles. The van der Waals surface area contributed by atoms with Crippen LogP contribution in [0.5, 0.6) is 11.5 Å². The third kappa shape index (κ3) is 4.62. The first-order chi connectivity index (χ1) is 11.3. The van der Waals surface area contributed by atoms with E-state index in [0.717, 1.165) is 5.56 Å². The van der Waals surface area contributed by atoms with Crippen molar-refractivity contribution in [3.05, 3.63) is 59.7 Å². The van der Waals surface area contributed by atoms with Crippen LogP contribution >= 0.6 is 0 Å². The number of methoxy groups -OCH3 is 1. The second-order valence-electron chi connectivity index (χ2n) is 6.58. The predicted molar refractivity (Wildman–Crippen MR) is 97.5 cm³/mol. The molecule has 0 atom stereocenters. The summed E-state index contributed by atoms with van der Waals surface area (Å²) in [6, 6.07) is 12.8. The number of benzene rings is 2. The number of phenolic OH excluding ortho intramolecular Hbond substituents is 1. The first-order valence-electron chi connectivity index (χ1n) is 7.76. The van der Waals surface area contributed by atoms with Crippen molar-refractivity contribution in [3.8, 4) is 11.5 Å². The Morgan fingerprint density at radius 3 is 2.33 bits per heavy atom. The zero-order chi connectivity index (χ0) is 17.7. The molecule has 0 aliphatic carbocycles. The maximum Gasteiger partial charge on any atom is 0.248 e. The van der Waals surface area contributed by atoms with Gasteiger partial charge in [0.05, 0.1) is 7.11 Å². The van der Waals surface area contributed by atoms with Crippen LogP contribution in [0.4, 0.5) is 5.69 Å². The Bertz CT molecular complexity index is 740. The molecule has 0 aliphatic rings. The van der Waals surface area contributed by atoms with Gasteiger partial charge in [-0.3, -0.25) is 4.79 Å². The van der Waals surface area contributed by atoms with Crippen molar-refractivity contribution in [1.82, 2.24) is 0 Å². The summed E-state index contributed by atoms with van der Waals surface area (Å²) < 4.78 is 4.97. The van der Waals surface area contributed by atoms with Gasteiger partial charge >= 0.3 is 0 Å². The Morgan fingerprint density at radius 1 is 1.12 bits per heavy atom. The van der Waals surface area contributed by atoms with E-state index >= 15 is 0 Å². The fraction of sp³-hybridized carbons (Fsp3) is 0.250.